The standard InChI is InChI=1S/C21H24N2O6/c1-27-17-9-15(10-18(28-2)20(17)29-3)23-12-14(8-19(23)25)21(26)22-11-13-6-4-5-7-16(13)24/h4-7,9-10,14,24H,8,11-12H2,1-3H3,(H,22,26). The predicted molar refractivity (Wildman–Crippen MR) is 107 cm³/mol. The topological polar surface area (TPSA) is 97.3 Å². The van der Waals surface area contributed by atoms with Gasteiger partial charge in [0.1, 0.15) is 5.75 Å². The number of hydrogen-bond acceptors (Lipinski definition) is 6. The molecule has 8 nitrogen and oxygen atoms in total. The van der Waals surface area contributed by atoms with Crippen LogP contribution in [-0.4, -0.2) is 44.8 Å². The van der Waals surface area contributed by atoms with Gasteiger partial charge in [-0.05, 0) is 6.07 Å². The van der Waals surface area contributed by atoms with Gasteiger partial charge in [-0.3, -0.25) is 9.59 Å². The minimum Gasteiger partial charge on any atom is -0.508 e. The second-order valence-electron chi connectivity index (χ2n) is 6.64. The summed E-state index contributed by atoms with van der Waals surface area (Å²) in [6, 6.07) is 10.2. The fourth-order valence-corrected chi connectivity index (χ4v) is 3.34. The highest BCUT2D eigenvalue weighted by Gasteiger charge is 2.36. The number of amides is 2. The molecule has 29 heavy (non-hydrogen) atoms. The van der Waals surface area contributed by atoms with Crippen LogP contribution in [0, 0.1) is 5.92 Å². The van der Waals surface area contributed by atoms with Crippen LogP contribution in [-0.2, 0) is 16.1 Å². The summed E-state index contributed by atoms with van der Waals surface area (Å²) in [5, 5.41) is 12.6. The maximum absolute atomic E-state index is 12.6. The summed E-state index contributed by atoms with van der Waals surface area (Å²) in [6.07, 6.45) is 0.100. The second kappa shape index (κ2) is 8.72. The molecule has 1 aliphatic rings. The molecule has 154 valence electrons. The van der Waals surface area contributed by atoms with Gasteiger partial charge in [0.25, 0.3) is 0 Å². The lowest BCUT2D eigenvalue weighted by Crippen LogP contribution is -2.32. The molecular formula is C21H24N2O6. The van der Waals surface area contributed by atoms with Gasteiger partial charge in [-0.15, -0.1) is 0 Å². The normalized spacial score (nSPS) is 15.9. The minimum absolute atomic E-state index is 0.100. The Morgan fingerprint density at radius 1 is 1.14 bits per heavy atom. The maximum Gasteiger partial charge on any atom is 0.227 e. The van der Waals surface area contributed by atoms with Crippen LogP contribution in [0.5, 0.6) is 23.0 Å². The average Bonchev–Trinajstić information content (AvgIpc) is 3.13. The first kappa shape index (κ1) is 20.3. The van der Waals surface area contributed by atoms with E-state index < -0.39 is 5.92 Å². The van der Waals surface area contributed by atoms with E-state index in [0.717, 1.165) is 0 Å². The Balaban J connectivity index is 1.73. The molecule has 1 fully saturated rings. The molecule has 1 aliphatic heterocycles. The molecular weight excluding hydrogens is 376 g/mol. The molecule has 0 radical (unpaired) electrons. The third kappa shape index (κ3) is 4.21. The molecule has 1 unspecified atom stereocenters. The van der Waals surface area contributed by atoms with Crippen LogP contribution in [0.2, 0.25) is 0 Å². The molecule has 2 N–H and O–H groups in total. The number of aromatic hydroxyl groups is 1. The zero-order chi connectivity index (χ0) is 21.0. The number of phenolic OH excluding ortho intramolecular Hbond substituents is 1. The Labute approximate surface area is 169 Å². The van der Waals surface area contributed by atoms with Gasteiger partial charge < -0.3 is 29.5 Å². The van der Waals surface area contributed by atoms with Gasteiger partial charge in [-0.2, -0.15) is 0 Å². The number of methoxy groups -OCH3 is 3. The summed E-state index contributed by atoms with van der Waals surface area (Å²) in [6.45, 7) is 0.435. The molecule has 2 aromatic rings. The van der Waals surface area contributed by atoms with Crippen molar-refractivity contribution in [1.29, 1.82) is 0 Å². The molecule has 0 aromatic heterocycles. The molecule has 0 aliphatic carbocycles. The van der Waals surface area contributed by atoms with Crippen molar-refractivity contribution in [2.24, 2.45) is 5.92 Å². The van der Waals surface area contributed by atoms with E-state index in [0.29, 0.717) is 28.5 Å². The summed E-state index contributed by atoms with van der Waals surface area (Å²) in [4.78, 5) is 26.7. The number of nitrogens with zero attached hydrogens (tertiary/aromatic N) is 1. The van der Waals surface area contributed by atoms with E-state index in [1.165, 1.54) is 26.2 Å². The summed E-state index contributed by atoms with van der Waals surface area (Å²) in [7, 11) is 4.51. The summed E-state index contributed by atoms with van der Waals surface area (Å²) in [5.41, 5.74) is 1.19. The van der Waals surface area contributed by atoms with Crippen LogP contribution >= 0.6 is 0 Å². The Bertz CT molecular complexity index is 889. The Morgan fingerprint density at radius 3 is 2.38 bits per heavy atom. The molecule has 3 rings (SSSR count). The first-order valence-corrected chi connectivity index (χ1v) is 9.13. The van der Waals surface area contributed by atoms with Crippen LogP contribution in [0.1, 0.15) is 12.0 Å². The number of phenols is 1. The van der Waals surface area contributed by atoms with Crippen LogP contribution in [0.3, 0.4) is 0 Å². The first-order chi connectivity index (χ1) is 14.0. The number of ether oxygens (including phenoxy) is 3. The fourth-order valence-electron chi connectivity index (χ4n) is 3.34. The SMILES string of the molecule is COc1cc(N2CC(C(=O)NCc3ccccc3O)CC2=O)cc(OC)c1OC. The van der Waals surface area contributed by atoms with E-state index in [-0.39, 0.29) is 37.1 Å². The number of hydrogen-bond donors (Lipinski definition) is 2. The third-order valence-electron chi connectivity index (χ3n) is 4.90. The quantitative estimate of drug-likeness (QED) is 0.739. The van der Waals surface area contributed by atoms with Gasteiger partial charge in [0.15, 0.2) is 11.5 Å². The molecule has 0 bridgehead atoms. The molecule has 1 saturated heterocycles. The molecule has 1 heterocycles. The van der Waals surface area contributed by atoms with Crippen molar-refractivity contribution in [2.45, 2.75) is 13.0 Å². The number of benzene rings is 2. The zero-order valence-corrected chi connectivity index (χ0v) is 16.6. The van der Waals surface area contributed by atoms with E-state index in [1.54, 1.807) is 36.4 Å². The van der Waals surface area contributed by atoms with Crippen molar-refractivity contribution in [2.75, 3.05) is 32.8 Å². The van der Waals surface area contributed by atoms with Crippen LogP contribution in [0.15, 0.2) is 36.4 Å². The van der Waals surface area contributed by atoms with Crippen molar-refractivity contribution in [3.63, 3.8) is 0 Å². The monoisotopic (exact) mass is 400 g/mol. The van der Waals surface area contributed by atoms with Crippen molar-refractivity contribution in [1.82, 2.24) is 5.32 Å². The number of carbonyl (C=O) groups is 2. The lowest BCUT2D eigenvalue weighted by Gasteiger charge is -2.20. The number of nitrogens with one attached hydrogen (secondary N) is 1. The molecule has 1 atom stereocenters. The highest BCUT2D eigenvalue weighted by atomic mass is 16.5. The Morgan fingerprint density at radius 2 is 1.79 bits per heavy atom. The first-order valence-electron chi connectivity index (χ1n) is 9.13. The van der Waals surface area contributed by atoms with Crippen molar-refractivity contribution < 1.29 is 28.9 Å². The molecule has 2 amide bonds. The van der Waals surface area contributed by atoms with E-state index in [1.807, 2.05) is 0 Å². The lowest BCUT2D eigenvalue weighted by molar-refractivity contribution is -0.126. The van der Waals surface area contributed by atoms with Crippen LogP contribution in [0.25, 0.3) is 0 Å². The largest absolute Gasteiger partial charge is 0.508 e. The van der Waals surface area contributed by atoms with Gasteiger partial charge in [-0.1, -0.05) is 18.2 Å². The number of para-hydroxylation sites is 1. The van der Waals surface area contributed by atoms with E-state index in [4.69, 9.17) is 14.2 Å². The number of rotatable bonds is 7. The van der Waals surface area contributed by atoms with Crippen molar-refractivity contribution in [3.05, 3.63) is 42.0 Å². The maximum atomic E-state index is 12.6. The molecule has 0 saturated carbocycles. The molecule has 2 aromatic carbocycles. The third-order valence-corrected chi connectivity index (χ3v) is 4.90. The highest BCUT2D eigenvalue weighted by molar-refractivity contribution is 6.00. The van der Waals surface area contributed by atoms with Gasteiger partial charge in [0, 0.05) is 37.2 Å². The lowest BCUT2D eigenvalue weighted by atomic mass is 10.1. The van der Waals surface area contributed by atoms with Gasteiger partial charge >= 0.3 is 0 Å². The Kier molecular flexibility index (Phi) is 6.11. The molecule has 0 spiro atoms. The highest BCUT2D eigenvalue weighted by Crippen LogP contribution is 2.42. The summed E-state index contributed by atoms with van der Waals surface area (Å²) in [5.74, 6) is 0.520. The van der Waals surface area contributed by atoms with E-state index in [2.05, 4.69) is 5.32 Å². The van der Waals surface area contributed by atoms with Crippen molar-refractivity contribution in [3.8, 4) is 23.0 Å². The smallest absolute Gasteiger partial charge is 0.227 e. The second-order valence-corrected chi connectivity index (χ2v) is 6.64. The fraction of sp³-hybridized carbons (Fsp3) is 0.333. The van der Waals surface area contributed by atoms with Crippen LogP contribution in [0.4, 0.5) is 5.69 Å². The van der Waals surface area contributed by atoms with E-state index >= 15 is 0 Å². The van der Waals surface area contributed by atoms with Gasteiger partial charge in [0.05, 0.1) is 32.9 Å². The Hall–Kier alpha value is -3.42. The zero-order valence-electron chi connectivity index (χ0n) is 16.6. The van der Waals surface area contributed by atoms with Gasteiger partial charge in [0.2, 0.25) is 17.6 Å². The number of anilines is 1. The predicted octanol–water partition coefficient (Wildman–Crippen LogP) is 2.09. The van der Waals surface area contributed by atoms with Gasteiger partial charge in [-0.25, -0.2) is 0 Å². The summed E-state index contributed by atoms with van der Waals surface area (Å²) >= 11 is 0. The van der Waals surface area contributed by atoms with Crippen LogP contribution < -0.4 is 24.4 Å². The van der Waals surface area contributed by atoms with E-state index in [9.17, 15) is 14.7 Å². The van der Waals surface area contributed by atoms with Crippen molar-refractivity contribution >= 4 is 17.5 Å². The average molecular weight is 400 g/mol. The summed E-state index contributed by atoms with van der Waals surface area (Å²) < 4.78 is 16.0. The minimum atomic E-state index is -0.493. The molecule has 8 heteroatoms. The number of carbonyl (C=O) groups excluding carboxylic acids is 2.